The van der Waals surface area contributed by atoms with Gasteiger partial charge < -0.3 is 10.2 Å². The van der Waals surface area contributed by atoms with Gasteiger partial charge in [-0.25, -0.2) is 4.98 Å². The zero-order valence-electron chi connectivity index (χ0n) is 10.0. The number of thiophene rings is 1. The number of pyridine rings is 1. The van der Waals surface area contributed by atoms with Crippen molar-refractivity contribution in [3.8, 4) is 0 Å². The summed E-state index contributed by atoms with van der Waals surface area (Å²) in [6, 6.07) is 3.26. The quantitative estimate of drug-likeness (QED) is 0.804. The molecule has 0 bridgehead atoms. The SMILES string of the molecule is O=S(=O)(O)c1cc2c(N3CCNCC3)nccc2s1. The predicted octanol–water partition coefficient (Wildman–Crippen LogP) is 0.953. The fraction of sp³-hybridized carbons (Fsp3) is 0.364. The van der Waals surface area contributed by atoms with Gasteiger partial charge in [0.15, 0.2) is 0 Å². The summed E-state index contributed by atoms with van der Waals surface area (Å²) < 4.78 is 32.3. The lowest BCUT2D eigenvalue weighted by Gasteiger charge is -2.28. The lowest BCUT2D eigenvalue weighted by molar-refractivity contribution is 0.485. The van der Waals surface area contributed by atoms with Crippen molar-refractivity contribution < 1.29 is 13.0 Å². The summed E-state index contributed by atoms with van der Waals surface area (Å²) in [7, 11) is -4.15. The molecule has 0 radical (unpaired) electrons. The van der Waals surface area contributed by atoms with Gasteiger partial charge in [-0.15, -0.1) is 11.3 Å². The number of fused-ring (bicyclic) bond motifs is 1. The molecule has 19 heavy (non-hydrogen) atoms. The van der Waals surface area contributed by atoms with Crippen molar-refractivity contribution in [3.05, 3.63) is 18.3 Å². The van der Waals surface area contributed by atoms with Gasteiger partial charge in [-0.1, -0.05) is 0 Å². The number of hydrogen-bond donors (Lipinski definition) is 2. The number of nitrogens with zero attached hydrogens (tertiary/aromatic N) is 2. The van der Waals surface area contributed by atoms with Crippen LogP contribution in [-0.2, 0) is 10.1 Å². The summed E-state index contributed by atoms with van der Waals surface area (Å²) in [5, 5.41) is 4.04. The molecule has 0 unspecified atom stereocenters. The van der Waals surface area contributed by atoms with Crippen LogP contribution >= 0.6 is 11.3 Å². The number of aromatic nitrogens is 1. The predicted molar refractivity (Wildman–Crippen MR) is 74.5 cm³/mol. The normalized spacial score (nSPS) is 17.0. The molecule has 2 aromatic rings. The lowest BCUT2D eigenvalue weighted by Crippen LogP contribution is -2.43. The van der Waals surface area contributed by atoms with E-state index in [4.69, 9.17) is 4.55 Å². The fourth-order valence-electron chi connectivity index (χ4n) is 2.18. The number of anilines is 1. The molecule has 0 saturated carbocycles. The van der Waals surface area contributed by atoms with Crippen LogP contribution < -0.4 is 10.2 Å². The molecule has 1 fully saturated rings. The highest BCUT2D eigenvalue weighted by Crippen LogP contribution is 2.33. The summed E-state index contributed by atoms with van der Waals surface area (Å²) in [5.74, 6) is 0.783. The van der Waals surface area contributed by atoms with E-state index in [1.807, 2.05) is 0 Å². The van der Waals surface area contributed by atoms with Crippen LogP contribution in [0.25, 0.3) is 10.1 Å². The molecule has 0 aliphatic carbocycles. The average molecular weight is 299 g/mol. The molecule has 2 aromatic heterocycles. The maximum atomic E-state index is 11.2. The Kier molecular flexibility index (Phi) is 3.17. The Labute approximate surface area is 114 Å². The molecule has 0 atom stereocenters. The van der Waals surface area contributed by atoms with Gasteiger partial charge in [-0.2, -0.15) is 8.42 Å². The van der Waals surface area contributed by atoms with E-state index in [2.05, 4.69) is 15.2 Å². The van der Waals surface area contributed by atoms with Gasteiger partial charge in [-0.3, -0.25) is 4.55 Å². The minimum atomic E-state index is -4.15. The maximum Gasteiger partial charge on any atom is 0.304 e. The Balaban J connectivity index is 2.12. The Morgan fingerprint density at radius 3 is 2.79 bits per heavy atom. The van der Waals surface area contributed by atoms with Crippen molar-refractivity contribution in [1.29, 1.82) is 0 Å². The van der Waals surface area contributed by atoms with Crippen LogP contribution in [0.3, 0.4) is 0 Å². The first kappa shape index (κ1) is 12.8. The molecule has 2 N–H and O–H groups in total. The highest BCUT2D eigenvalue weighted by atomic mass is 32.3. The number of nitrogens with one attached hydrogen (secondary N) is 1. The maximum absolute atomic E-state index is 11.2. The fourth-order valence-corrected chi connectivity index (χ4v) is 3.92. The molecule has 3 rings (SSSR count). The summed E-state index contributed by atoms with van der Waals surface area (Å²) in [6.07, 6.45) is 1.67. The Morgan fingerprint density at radius 2 is 2.11 bits per heavy atom. The van der Waals surface area contributed by atoms with Gasteiger partial charge in [0.2, 0.25) is 0 Å². The molecule has 0 amide bonds. The average Bonchev–Trinajstić information content (AvgIpc) is 2.83. The lowest BCUT2D eigenvalue weighted by atomic mass is 10.2. The van der Waals surface area contributed by atoms with Crippen LogP contribution in [0.4, 0.5) is 5.82 Å². The van der Waals surface area contributed by atoms with E-state index in [0.29, 0.717) is 0 Å². The van der Waals surface area contributed by atoms with Gasteiger partial charge in [0.1, 0.15) is 10.0 Å². The third-order valence-corrected chi connectivity index (χ3v) is 5.48. The first-order valence-electron chi connectivity index (χ1n) is 5.87. The molecular formula is C11H13N3O3S2. The van der Waals surface area contributed by atoms with E-state index in [0.717, 1.165) is 53.4 Å². The first-order valence-corrected chi connectivity index (χ1v) is 8.13. The van der Waals surface area contributed by atoms with Gasteiger partial charge in [0.05, 0.1) is 0 Å². The van der Waals surface area contributed by atoms with E-state index < -0.39 is 10.1 Å². The zero-order valence-corrected chi connectivity index (χ0v) is 11.7. The smallest absolute Gasteiger partial charge is 0.304 e. The second-order valence-corrected chi connectivity index (χ2v) is 7.06. The van der Waals surface area contributed by atoms with E-state index in [1.165, 1.54) is 6.07 Å². The minimum Gasteiger partial charge on any atom is -0.354 e. The summed E-state index contributed by atoms with van der Waals surface area (Å²) >= 11 is 1.06. The molecule has 3 heterocycles. The van der Waals surface area contributed by atoms with E-state index in [-0.39, 0.29) is 4.21 Å². The van der Waals surface area contributed by atoms with Gasteiger partial charge in [-0.05, 0) is 12.1 Å². The van der Waals surface area contributed by atoms with Gasteiger partial charge >= 0.3 is 10.1 Å². The Bertz CT molecular complexity index is 705. The van der Waals surface area contributed by atoms with Crippen LogP contribution in [0, 0.1) is 0 Å². The van der Waals surface area contributed by atoms with Crippen molar-refractivity contribution >= 4 is 37.4 Å². The monoisotopic (exact) mass is 299 g/mol. The van der Waals surface area contributed by atoms with Crippen molar-refractivity contribution in [2.24, 2.45) is 0 Å². The zero-order chi connectivity index (χ0) is 13.5. The van der Waals surface area contributed by atoms with Crippen LogP contribution in [0.2, 0.25) is 0 Å². The summed E-state index contributed by atoms with van der Waals surface area (Å²) in [5.41, 5.74) is 0. The molecule has 1 aliphatic heterocycles. The third-order valence-electron chi connectivity index (χ3n) is 3.07. The van der Waals surface area contributed by atoms with E-state index >= 15 is 0 Å². The highest BCUT2D eigenvalue weighted by molar-refractivity contribution is 7.88. The largest absolute Gasteiger partial charge is 0.354 e. The number of hydrogen-bond acceptors (Lipinski definition) is 6. The topological polar surface area (TPSA) is 82.5 Å². The standard InChI is InChI=1S/C11H13N3O3S2/c15-19(16,17)10-7-8-9(18-10)1-2-13-11(8)14-5-3-12-4-6-14/h1-2,7,12H,3-6H2,(H,15,16,17). The Morgan fingerprint density at radius 1 is 1.37 bits per heavy atom. The van der Waals surface area contributed by atoms with Crippen LogP contribution in [0.5, 0.6) is 0 Å². The molecule has 0 aromatic carbocycles. The van der Waals surface area contributed by atoms with Crippen LogP contribution in [-0.4, -0.2) is 44.1 Å². The van der Waals surface area contributed by atoms with Crippen molar-refractivity contribution in [2.75, 3.05) is 31.1 Å². The van der Waals surface area contributed by atoms with Crippen molar-refractivity contribution in [3.63, 3.8) is 0 Å². The van der Waals surface area contributed by atoms with Crippen molar-refractivity contribution in [1.82, 2.24) is 10.3 Å². The van der Waals surface area contributed by atoms with Gasteiger partial charge in [0.25, 0.3) is 0 Å². The molecular weight excluding hydrogens is 286 g/mol. The first-order chi connectivity index (χ1) is 9.05. The molecule has 1 aliphatic rings. The molecule has 0 spiro atoms. The number of rotatable bonds is 2. The molecule has 1 saturated heterocycles. The summed E-state index contributed by atoms with van der Waals surface area (Å²) in [6.45, 7) is 3.44. The molecule has 6 nitrogen and oxygen atoms in total. The minimum absolute atomic E-state index is 0.0353. The molecule has 8 heteroatoms. The number of piperazine rings is 1. The second kappa shape index (κ2) is 4.71. The second-order valence-electron chi connectivity index (χ2n) is 4.32. The van der Waals surface area contributed by atoms with Gasteiger partial charge in [0, 0.05) is 42.5 Å². The van der Waals surface area contributed by atoms with Crippen LogP contribution in [0.15, 0.2) is 22.5 Å². The molecule has 102 valence electrons. The third kappa shape index (κ3) is 2.44. The van der Waals surface area contributed by atoms with E-state index in [9.17, 15) is 8.42 Å². The van der Waals surface area contributed by atoms with Crippen LogP contribution in [0.1, 0.15) is 0 Å². The van der Waals surface area contributed by atoms with E-state index in [1.54, 1.807) is 12.3 Å². The Hall–Kier alpha value is -1.22. The van der Waals surface area contributed by atoms with Crippen molar-refractivity contribution in [2.45, 2.75) is 4.21 Å². The summed E-state index contributed by atoms with van der Waals surface area (Å²) in [4.78, 5) is 6.48. The highest BCUT2D eigenvalue weighted by Gasteiger charge is 2.19.